The molecule has 0 saturated heterocycles. The molecule has 0 radical (unpaired) electrons. The normalized spacial score (nSPS) is 37.3. The van der Waals surface area contributed by atoms with Crippen LogP contribution in [0.3, 0.4) is 0 Å². The van der Waals surface area contributed by atoms with Gasteiger partial charge < -0.3 is 9.84 Å². The van der Waals surface area contributed by atoms with E-state index < -0.39 is 22.8 Å². The SMILES string of the molecule is C/C(=C\[C@@]12CC[C@]3(C)[C@H](CC[C@@H]4[C@@]5(C)CC[C@H](OC(=O)CC(C)(C)C(=O)O)C(C)(C)[C@@H]5CC[C@]43C)C1=C(C(C)C)C(=O)C2)C(=O)CC1(c2cccc(Cl)c2)CC1. The number of ether oxygens (including phenoxy) is 1. The molecule has 7 rings (SSSR count). The molecule has 5 fully saturated rings. The molecule has 6 aliphatic carbocycles. The van der Waals surface area contributed by atoms with Gasteiger partial charge >= 0.3 is 11.9 Å². The van der Waals surface area contributed by atoms with Gasteiger partial charge in [-0.25, -0.2) is 0 Å². The van der Waals surface area contributed by atoms with E-state index in [9.17, 15) is 24.3 Å². The van der Waals surface area contributed by atoms with Crippen LogP contribution in [0.15, 0.2) is 47.1 Å². The predicted octanol–water partition coefficient (Wildman–Crippen LogP) is 11.7. The summed E-state index contributed by atoms with van der Waals surface area (Å²) in [6.07, 6.45) is 12.8. The number of halogens is 1. The number of aliphatic carboxylic acids is 1. The molecule has 0 heterocycles. The van der Waals surface area contributed by atoms with Gasteiger partial charge in [-0.15, -0.1) is 0 Å². The van der Waals surface area contributed by atoms with Gasteiger partial charge in [0.25, 0.3) is 0 Å². The number of allylic oxidation sites excluding steroid dienone is 4. The third-order valence-corrected chi connectivity index (χ3v) is 17.8. The topological polar surface area (TPSA) is 97.7 Å². The first-order valence-electron chi connectivity index (χ1n) is 21.7. The van der Waals surface area contributed by atoms with E-state index in [4.69, 9.17) is 16.3 Å². The highest BCUT2D eigenvalue weighted by atomic mass is 35.5. The van der Waals surface area contributed by atoms with Crippen molar-refractivity contribution in [3.05, 3.63) is 57.6 Å². The molecule has 306 valence electrons. The molecule has 1 aromatic carbocycles. The number of carboxylic acids is 1. The summed E-state index contributed by atoms with van der Waals surface area (Å²) in [5.41, 5.74) is 2.52. The molecule has 0 amide bonds. The zero-order chi connectivity index (χ0) is 41.0. The predicted molar refractivity (Wildman–Crippen MR) is 221 cm³/mol. The number of hydrogen-bond donors (Lipinski definition) is 1. The number of Topliss-reactive ketones (excluding diaryl/α,β-unsaturated/α-hetero) is 2. The van der Waals surface area contributed by atoms with E-state index in [1.807, 2.05) is 25.1 Å². The van der Waals surface area contributed by atoms with Crippen molar-refractivity contribution < 1.29 is 29.0 Å². The average Bonchev–Trinajstić information content (AvgIpc) is 3.81. The highest BCUT2D eigenvalue weighted by Gasteiger charge is 2.70. The second-order valence-electron chi connectivity index (χ2n) is 21.8. The monoisotopic (exact) mass is 786 g/mol. The molecule has 56 heavy (non-hydrogen) atoms. The van der Waals surface area contributed by atoms with Crippen LogP contribution in [0.1, 0.15) is 158 Å². The molecular formula is C49H67ClO6. The summed E-state index contributed by atoms with van der Waals surface area (Å²) in [6.45, 7) is 21.7. The molecular weight excluding hydrogens is 720 g/mol. The van der Waals surface area contributed by atoms with Crippen molar-refractivity contribution in [3.63, 3.8) is 0 Å². The lowest BCUT2D eigenvalue weighted by Crippen LogP contribution is -2.65. The maximum Gasteiger partial charge on any atom is 0.309 e. The lowest BCUT2D eigenvalue weighted by molar-refractivity contribution is -0.232. The van der Waals surface area contributed by atoms with Crippen molar-refractivity contribution in [2.45, 2.75) is 164 Å². The summed E-state index contributed by atoms with van der Waals surface area (Å²) in [5, 5.41) is 10.3. The van der Waals surface area contributed by atoms with Crippen molar-refractivity contribution in [2.75, 3.05) is 0 Å². The third kappa shape index (κ3) is 6.31. The van der Waals surface area contributed by atoms with Crippen LogP contribution in [0.4, 0.5) is 0 Å². The van der Waals surface area contributed by atoms with Gasteiger partial charge in [0, 0.05) is 34.1 Å². The molecule has 0 aliphatic heterocycles. The van der Waals surface area contributed by atoms with Gasteiger partial charge in [-0.05, 0) is 159 Å². The zero-order valence-corrected chi connectivity index (χ0v) is 36.6. The Kier molecular flexibility index (Phi) is 10.1. The minimum Gasteiger partial charge on any atom is -0.481 e. The Labute approximate surface area is 341 Å². The zero-order valence-electron chi connectivity index (χ0n) is 35.8. The van der Waals surface area contributed by atoms with Gasteiger partial charge in [0.15, 0.2) is 11.6 Å². The Morgan fingerprint density at radius 1 is 0.929 bits per heavy atom. The molecule has 8 atom stereocenters. The van der Waals surface area contributed by atoms with Crippen LogP contribution in [0.5, 0.6) is 0 Å². The van der Waals surface area contributed by atoms with Crippen molar-refractivity contribution >= 4 is 35.1 Å². The maximum absolute atomic E-state index is 14.2. The summed E-state index contributed by atoms with van der Waals surface area (Å²) >= 11 is 6.38. The van der Waals surface area contributed by atoms with E-state index in [0.29, 0.717) is 29.7 Å². The number of hydrogen-bond acceptors (Lipinski definition) is 5. The first kappa shape index (κ1) is 41.4. The number of ketones is 2. The van der Waals surface area contributed by atoms with Crippen molar-refractivity contribution in [1.29, 1.82) is 0 Å². The quantitative estimate of drug-likeness (QED) is 0.187. The number of rotatable bonds is 10. The molecule has 0 bridgehead atoms. The van der Waals surface area contributed by atoms with Crippen LogP contribution in [0.25, 0.3) is 0 Å². The molecule has 1 N–H and O–H groups in total. The highest BCUT2D eigenvalue weighted by molar-refractivity contribution is 6.30. The second-order valence-corrected chi connectivity index (χ2v) is 22.2. The maximum atomic E-state index is 14.2. The van der Waals surface area contributed by atoms with Gasteiger partial charge in [-0.1, -0.05) is 78.3 Å². The van der Waals surface area contributed by atoms with Crippen LogP contribution in [0, 0.1) is 56.2 Å². The van der Waals surface area contributed by atoms with Crippen molar-refractivity contribution in [3.8, 4) is 0 Å². The third-order valence-electron chi connectivity index (χ3n) is 17.6. The summed E-state index contributed by atoms with van der Waals surface area (Å²) in [5.74, 6) is 0.320. The minimum atomic E-state index is -1.17. The Balaban J connectivity index is 1.17. The van der Waals surface area contributed by atoms with E-state index in [0.717, 1.165) is 80.9 Å². The molecule has 0 unspecified atom stereocenters. The number of fused-ring (bicyclic) bond motifs is 7. The fraction of sp³-hybridized carbons (Fsp3) is 0.714. The first-order valence-corrected chi connectivity index (χ1v) is 22.0. The highest BCUT2D eigenvalue weighted by Crippen LogP contribution is 2.77. The average molecular weight is 788 g/mol. The number of esters is 1. The van der Waals surface area contributed by atoms with Gasteiger partial charge in [0.05, 0.1) is 11.8 Å². The van der Waals surface area contributed by atoms with E-state index in [-0.39, 0.29) is 63.0 Å². The van der Waals surface area contributed by atoms with E-state index in [1.54, 1.807) is 13.8 Å². The van der Waals surface area contributed by atoms with E-state index >= 15 is 0 Å². The number of carbonyl (C=O) groups is 4. The van der Waals surface area contributed by atoms with Gasteiger partial charge in [-0.2, -0.15) is 0 Å². The summed E-state index contributed by atoms with van der Waals surface area (Å²) in [6, 6.07) is 8.00. The lowest BCUT2D eigenvalue weighted by atomic mass is 9.33. The summed E-state index contributed by atoms with van der Waals surface area (Å²) < 4.78 is 6.19. The van der Waals surface area contributed by atoms with Crippen molar-refractivity contribution in [1.82, 2.24) is 0 Å². The van der Waals surface area contributed by atoms with Crippen LogP contribution in [0.2, 0.25) is 5.02 Å². The van der Waals surface area contributed by atoms with Crippen LogP contribution in [-0.4, -0.2) is 34.7 Å². The fourth-order valence-electron chi connectivity index (χ4n) is 14.1. The molecule has 6 nitrogen and oxygen atoms in total. The first-order chi connectivity index (χ1) is 26.0. The molecule has 0 spiro atoms. The second kappa shape index (κ2) is 13.7. The van der Waals surface area contributed by atoms with Crippen LogP contribution >= 0.6 is 11.6 Å². The smallest absolute Gasteiger partial charge is 0.309 e. The summed E-state index contributed by atoms with van der Waals surface area (Å²) in [7, 11) is 0. The minimum absolute atomic E-state index is 0.000234. The lowest BCUT2D eigenvalue weighted by Gasteiger charge is -2.72. The van der Waals surface area contributed by atoms with E-state index in [1.165, 1.54) is 5.57 Å². The Morgan fingerprint density at radius 2 is 1.62 bits per heavy atom. The summed E-state index contributed by atoms with van der Waals surface area (Å²) in [4.78, 5) is 53.3. The fourth-order valence-corrected chi connectivity index (χ4v) is 14.3. The standard InChI is InChI=1S/C49H67ClO6/c1-29(2)40-35(52)27-49(25-30(3)34(51)26-48(22-23-48)31-12-11-13-32(50)24-31)21-20-46(9)33(41(40)49)14-15-37-45(8)18-17-38(56-39(53)28-43(4,5)42(54)55)44(6,7)36(45)16-19-47(37,46)10/h11-13,24-25,29,33,36-38H,14-23,26-28H2,1-10H3,(H,54,55)/b30-25+/t33-,36+,37-,38+,45+,46-,47-,49-/m1/s1. The Bertz CT molecular complexity index is 1900. The Morgan fingerprint density at radius 3 is 2.25 bits per heavy atom. The molecule has 5 saturated carbocycles. The van der Waals surface area contributed by atoms with Gasteiger partial charge in [-0.3, -0.25) is 19.2 Å². The van der Waals surface area contributed by atoms with Crippen molar-refractivity contribution in [2.24, 2.45) is 56.2 Å². The molecule has 7 heteroatoms. The Hall–Kier alpha value is -2.73. The largest absolute Gasteiger partial charge is 0.481 e. The van der Waals surface area contributed by atoms with E-state index in [2.05, 4.69) is 60.6 Å². The molecule has 1 aromatic rings. The van der Waals surface area contributed by atoms with Gasteiger partial charge in [0.1, 0.15) is 6.10 Å². The van der Waals surface area contributed by atoms with Crippen LogP contribution < -0.4 is 0 Å². The number of benzene rings is 1. The number of carbonyl (C=O) groups excluding carboxylic acids is 3. The van der Waals surface area contributed by atoms with Crippen LogP contribution in [-0.2, 0) is 29.3 Å². The number of carboxylic acid groups (broad SMARTS) is 1. The van der Waals surface area contributed by atoms with Gasteiger partial charge in [0.2, 0.25) is 0 Å². The molecule has 6 aliphatic rings. The molecule has 0 aromatic heterocycles.